The molecule has 6 heavy (non-hydrogen) atoms. The first kappa shape index (κ1) is 45.9. The molecule has 0 aliphatic heterocycles. The first-order valence-electron chi connectivity index (χ1n) is 0.258. The van der Waals surface area contributed by atoms with E-state index >= 15 is 0 Å². The van der Waals surface area contributed by atoms with Crippen LogP contribution >= 0.6 is 12.4 Å². The molecule has 0 unspecified atom stereocenters. The molecular weight excluding hydrogens is 133 g/mol. The Bertz CT molecular complexity index is 13.5. The van der Waals surface area contributed by atoms with Gasteiger partial charge in [0.05, 0.1) is 0 Å². The third-order valence-corrected chi connectivity index (χ3v) is 0. The quantitative estimate of drug-likeness (QED) is 0.283. The van der Waals surface area contributed by atoms with Crippen molar-refractivity contribution in [3.63, 3.8) is 0 Å². The minimum Gasteiger partial charge on any atom is -0.870 e. The Kier molecular flexibility index (Phi) is 538. The smallest absolute Gasteiger partial charge is 0.870 e. The first-order chi connectivity index (χ1) is 1.00. The molecule has 0 atom stereocenters. The molecule has 0 radical (unpaired) electrons. The maximum Gasteiger partial charge on any atom is 1.00 e. The van der Waals surface area contributed by atoms with Gasteiger partial charge in [0.1, 0.15) is 0 Å². The monoisotopic (exact) mass is 141 g/mol. The van der Waals surface area contributed by atoms with Crippen molar-refractivity contribution >= 4 is 12.4 Å². The molecule has 0 aromatic rings. The molecule has 0 saturated carbocycles. The summed E-state index contributed by atoms with van der Waals surface area (Å²) in [5, 5.41) is 6.50. The minimum absolute atomic E-state index is 0. The summed E-state index contributed by atoms with van der Waals surface area (Å²) in [5.41, 5.74) is 0. The summed E-state index contributed by atoms with van der Waals surface area (Å²) in [6, 6.07) is 0. The van der Waals surface area contributed by atoms with Gasteiger partial charge >= 0.3 is 51.4 Å². The zero-order valence-electron chi connectivity index (χ0n) is 2.88. The van der Waals surface area contributed by atoms with E-state index in [9.17, 15) is 0 Å². The van der Waals surface area contributed by atoms with Gasteiger partial charge in [0.2, 0.25) is 0 Å². The van der Waals surface area contributed by atoms with Gasteiger partial charge in [0, 0.05) is 0 Å². The van der Waals surface area contributed by atoms with Crippen LogP contribution in [-0.4, -0.2) is 10.7 Å². The van der Waals surface area contributed by atoms with Crippen LogP contribution in [0.5, 0.6) is 0 Å². The molecule has 0 aromatic heterocycles. The Hall–Kier alpha value is 1.81. The molecule has 0 aromatic carbocycles. The van der Waals surface area contributed by atoms with Crippen LogP contribution in [0, 0.1) is 0 Å². The largest absolute Gasteiger partial charge is 1.00 e. The van der Waals surface area contributed by atoms with E-state index in [0.29, 0.717) is 0 Å². The Morgan fingerprint density at radius 1 is 1.17 bits per heavy atom. The topological polar surface area (TPSA) is 76.2 Å². The van der Waals surface area contributed by atoms with Crippen LogP contribution < -0.4 is 57.3 Å². The Balaban J connectivity index is -0.000000000833. The molecule has 0 bridgehead atoms. The fourth-order valence-electron chi connectivity index (χ4n) is 0. The third kappa shape index (κ3) is 41.1. The second-order valence-corrected chi connectivity index (χ2v) is 0. The predicted molar refractivity (Wildman–Crippen MR) is 21.9 cm³/mol. The molecule has 5 heteroatoms. The Morgan fingerprint density at radius 3 is 1.17 bits per heavy atom. The van der Waals surface area contributed by atoms with Crippen molar-refractivity contribution in [1.82, 2.24) is 0 Å². The summed E-state index contributed by atoms with van der Waals surface area (Å²) in [7, 11) is 0. The first-order valence-corrected chi connectivity index (χ1v) is 0.258. The van der Waals surface area contributed by atoms with Gasteiger partial charge in [-0.25, -0.2) is 5.90 Å². The van der Waals surface area contributed by atoms with Gasteiger partial charge in [-0.1, -0.05) is 7.43 Å². The molecule has 0 spiro atoms. The summed E-state index contributed by atoms with van der Waals surface area (Å²) in [5.74, 6) is 3.50. The SMILES string of the molecule is C.Cl.NO.[K+].[OH-]. The van der Waals surface area contributed by atoms with Gasteiger partial charge in [-0.05, 0) is 0 Å². The summed E-state index contributed by atoms with van der Waals surface area (Å²) < 4.78 is 0. The number of nitrogens with two attached hydrogens (primary N) is 1. The van der Waals surface area contributed by atoms with Crippen LogP contribution in [0.25, 0.3) is 0 Å². The molecule has 0 aliphatic carbocycles. The van der Waals surface area contributed by atoms with Crippen LogP contribution in [0.2, 0.25) is 0 Å². The number of halogens is 1. The van der Waals surface area contributed by atoms with Crippen LogP contribution in [0.3, 0.4) is 0 Å². The molecule has 3 nitrogen and oxygen atoms in total. The van der Waals surface area contributed by atoms with E-state index in [4.69, 9.17) is 5.21 Å². The number of hydrogen-bond acceptors (Lipinski definition) is 3. The Labute approximate surface area is 86.4 Å². The van der Waals surface area contributed by atoms with Crippen molar-refractivity contribution < 1.29 is 62.1 Å². The van der Waals surface area contributed by atoms with Gasteiger partial charge in [0.25, 0.3) is 0 Å². The van der Waals surface area contributed by atoms with E-state index in [-0.39, 0.29) is 76.7 Å². The van der Waals surface area contributed by atoms with Gasteiger partial charge in [0.15, 0.2) is 0 Å². The second kappa shape index (κ2) is 70.3. The predicted octanol–water partition coefficient (Wildman–Crippen LogP) is -2.78. The van der Waals surface area contributed by atoms with Crippen molar-refractivity contribution in [3.05, 3.63) is 0 Å². The number of hydrogen-bond donors (Lipinski definition) is 2. The van der Waals surface area contributed by atoms with Crippen LogP contribution in [0.1, 0.15) is 7.43 Å². The molecule has 0 rings (SSSR count). The van der Waals surface area contributed by atoms with Crippen molar-refractivity contribution in [1.29, 1.82) is 0 Å². The average molecular weight is 142 g/mol. The van der Waals surface area contributed by atoms with Gasteiger partial charge < -0.3 is 10.7 Å². The molecule has 0 fully saturated rings. The van der Waals surface area contributed by atoms with E-state index in [2.05, 4.69) is 5.90 Å². The fourth-order valence-corrected chi connectivity index (χ4v) is 0. The molecule has 0 aliphatic rings. The van der Waals surface area contributed by atoms with Gasteiger partial charge in [-0.3, -0.25) is 0 Å². The van der Waals surface area contributed by atoms with E-state index in [0.717, 1.165) is 0 Å². The standard InChI is InChI=1S/CH4.ClH.K.H3NO.H2O/c;;;1-2;/h1H4;1H;;2H,1H2;1H2/q;;+1;;/p-1. The van der Waals surface area contributed by atoms with Crippen LogP contribution in [-0.2, 0) is 0 Å². The van der Waals surface area contributed by atoms with Crippen molar-refractivity contribution in [2.75, 3.05) is 0 Å². The van der Waals surface area contributed by atoms with E-state index < -0.39 is 0 Å². The number of rotatable bonds is 0. The molecule has 0 amide bonds. The van der Waals surface area contributed by atoms with Crippen molar-refractivity contribution in [2.45, 2.75) is 7.43 Å². The normalized spacial score (nSPS) is 1.00. The van der Waals surface area contributed by atoms with E-state index in [1.54, 1.807) is 0 Å². The zero-order valence-corrected chi connectivity index (χ0v) is 6.82. The van der Waals surface area contributed by atoms with Gasteiger partial charge in [-0.15, -0.1) is 12.4 Å². The maximum absolute atomic E-state index is 6.50. The molecule has 0 saturated heterocycles. The van der Waals surface area contributed by atoms with Crippen molar-refractivity contribution in [2.24, 2.45) is 5.90 Å². The average Bonchev–Trinajstić information content (AvgIpc) is 1.00. The maximum atomic E-state index is 6.50. The summed E-state index contributed by atoms with van der Waals surface area (Å²) >= 11 is 0. The second-order valence-electron chi connectivity index (χ2n) is 0. The Morgan fingerprint density at radius 2 is 1.17 bits per heavy atom. The van der Waals surface area contributed by atoms with Crippen molar-refractivity contribution in [3.8, 4) is 0 Å². The van der Waals surface area contributed by atoms with E-state index in [1.165, 1.54) is 0 Å². The summed E-state index contributed by atoms with van der Waals surface area (Å²) in [6.45, 7) is 0. The van der Waals surface area contributed by atoms with Crippen LogP contribution in [0.4, 0.5) is 0 Å². The molecule has 0 heterocycles. The summed E-state index contributed by atoms with van der Waals surface area (Å²) in [6.07, 6.45) is 0. The molecule has 38 valence electrons. The molecular formula is CH9ClKNO2. The van der Waals surface area contributed by atoms with E-state index in [1.807, 2.05) is 0 Å². The summed E-state index contributed by atoms with van der Waals surface area (Å²) in [4.78, 5) is 0. The molecule has 4 N–H and O–H groups in total. The van der Waals surface area contributed by atoms with Crippen LogP contribution in [0.15, 0.2) is 0 Å². The fraction of sp³-hybridized carbons (Fsp3) is 1.00. The third-order valence-electron chi connectivity index (χ3n) is 0. The minimum atomic E-state index is 0. The van der Waals surface area contributed by atoms with Gasteiger partial charge in [-0.2, -0.15) is 0 Å². The zero-order chi connectivity index (χ0) is 2.00.